The minimum atomic E-state index is -0.373. The zero-order valence-corrected chi connectivity index (χ0v) is 11.7. The van der Waals surface area contributed by atoms with Gasteiger partial charge in [0.15, 0.2) is 11.5 Å². The molecular formula is C15H18N2O3. The van der Waals surface area contributed by atoms with E-state index in [0.717, 1.165) is 29.0 Å². The fourth-order valence-corrected chi connectivity index (χ4v) is 2.78. The molecule has 2 heterocycles. The highest BCUT2D eigenvalue weighted by molar-refractivity contribution is 6.12. The Morgan fingerprint density at radius 1 is 1.30 bits per heavy atom. The van der Waals surface area contributed by atoms with Crippen molar-refractivity contribution in [1.29, 1.82) is 0 Å². The zero-order chi connectivity index (χ0) is 14.3. The van der Waals surface area contributed by atoms with Gasteiger partial charge in [-0.25, -0.2) is 0 Å². The van der Waals surface area contributed by atoms with Crippen LogP contribution in [0.3, 0.4) is 0 Å². The van der Waals surface area contributed by atoms with E-state index in [1.807, 2.05) is 26.0 Å². The molecule has 0 bridgehead atoms. The zero-order valence-electron chi connectivity index (χ0n) is 11.7. The van der Waals surface area contributed by atoms with Crippen LogP contribution in [0.15, 0.2) is 17.1 Å². The van der Waals surface area contributed by atoms with Gasteiger partial charge in [-0.3, -0.25) is 9.79 Å². The van der Waals surface area contributed by atoms with Crippen molar-refractivity contribution in [1.82, 2.24) is 0 Å². The first kappa shape index (κ1) is 13.0. The highest BCUT2D eigenvalue weighted by Crippen LogP contribution is 2.37. The lowest BCUT2D eigenvalue weighted by atomic mass is 9.85. The predicted molar refractivity (Wildman–Crippen MR) is 75.6 cm³/mol. The standard InChI is InChI=1S/C15H18N2O3/c1-15(2)8-9-5-12-13(20-4-3-19-12)6-10(9)11(17-15)7-14(16)18/h5-6H,3-4,7-8H2,1-2H3,(H2,16,18). The second-order valence-electron chi connectivity index (χ2n) is 5.84. The fraction of sp³-hybridized carbons (Fsp3) is 0.467. The molecular weight excluding hydrogens is 256 g/mol. The van der Waals surface area contributed by atoms with Crippen molar-refractivity contribution >= 4 is 11.6 Å². The molecule has 3 rings (SSSR count). The van der Waals surface area contributed by atoms with E-state index in [1.165, 1.54) is 0 Å². The van der Waals surface area contributed by atoms with Crippen molar-refractivity contribution in [2.75, 3.05) is 13.2 Å². The second kappa shape index (κ2) is 4.51. The molecule has 0 aromatic heterocycles. The Morgan fingerprint density at radius 3 is 2.60 bits per heavy atom. The number of benzene rings is 1. The number of nitrogens with zero attached hydrogens (tertiary/aromatic N) is 1. The predicted octanol–water partition coefficient (Wildman–Crippen LogP) is 1.46. The van der Waals surface area contributed by atoms with E-state index < -0.39 is 0 Å². The van der Waals surface area contributed by atoms with Gasteiger partial charge in [-0.2, -0.15) is 0 Å². The maximum Gasteiger partial charge on any atom is 0.223 e. The summed E-state index contributed by atoms with van der Waals surface area (Å²) in [6, 6.07) is 3.92. The van der Waals surface area contributed by atoms with Crippen LogP contribution in [0.1, 0.15) is 31.4 Å². The van der Waals surface area contributed by atoms with E-state index in [9.17, 15) is 4.79 Å². The van der Waals surface area contributed by atoms with Crippen LogP contribution < -0.4 is 15.2 Å². The first-order valence-corrected chi connectivity index (χ1v) is 6.74. The normalized spacial score (nSPS) is 19.0. The summed E-state index contributed by atoms with van der Waals surface area (Å²) in [7, 11) is 0. The fourth-order valence-electron chi connectivity index (χ4n) is 2.78. The SMILES string of the molecule is CC1(C)Cc2cc3c(cc2C(CC(N)=O)=N1)OCCO3. The average Bonchev–Trinajstić information content (AvgIpc) is 2.35. The van der Waals surface area contributed by atoms with Gasteiger partial charge in [-0.1, -0.05) is 0 Å². The Hall–Kier alpha value is -2.04. The summed E-state index contributed by atoms with van der Waals surface area (Å²) in [6.07, 6.45) is 0.956. The summed E-state index contributed by atoms with van der Waals surface area (Å²) in [4.78, 5) is 15.9. The van der Waals surface area contributed by atoms with Gasteiger partial charge in [0.2, 0.25) is 5.91 Å². The largest absolute Gasteiger partial charge is 0.486 e. The molecule has 106 valence electrons. The maximum absolute atomic E-state index is 11.3. The lowest BCUT2D eigenvalue weighted by Gasteiger charge is -2.30. The van der Waals surface area contributed by atoms with Crippen LogP contribution in [0.2, 0.25) is 0 Å². The van der Waals surface area contributed by atoms with Crippen molar-refractivity contribution < 1.29 is 14.3 Å². The highest BCUT2D eigenvalue weighted by Gasteiger charge is 2.29. The molecule has 2 aliphatic heterocycles. The topological polar surface area (TPSA) is 73.9 Å². The molecule has 1 aromatic carbocycles. The van der Waals surface area contributed by atoms with Gasteiger partial charge in [0.05, 0.1) is 17.7 Å². The summed E-state index contributed by atoms with van der Waals surface area (Å²) in [5.41, 5.74) is 7.91. The number of aliphatic imine (C=N–C) groups is 1. The molecule has 1 aromatic rings. The van der Waals surface area contributed by atoms with Gasteiger partial charge < -0.3 is 15.2 Å². The van der Waals surface area contributed by atoms with Gasteiger partial charge >= 0.3 is 0 Å². The number of rotatable bonds is 2. The van der Waals surface area contributed by atoms with Crippen LogP contribution in [-0.2, 0) is 11.2 Å². The van der Waals surface area contributed by atoms with Crippen LogP contribution in [0.5, 0.6) is 11.5 Å². The van der Waals surface area contributed by atoms with Crippen molar-refractivity contribution in [2.45, 2.75) is 32.2 Å². The Kier molecular flexibility index (Phi) is 2.92. The average molecular weight is 274 g/mol. The smallest absolute Gasteiger partial charge is 0.223 e. The van der Waals surface area contributed by atoms with Gasteiger partial charge in [-0.05, 0) is 38.0 Å². The molecule has 5 nitrogen and oxygen atoms in total. The number of primary amides is 1. The Labute approximate surface area is 117 Å². The van der Waals surface area contributed by atoms with Crippen LogP contribution in [0, 0.1) is 0 Å². The Morgan fingerprint density at radius 2 is 1.95 bits per heavy atom. The van der Waals surface area contributed by atoms with Crippen LogP contribution in [0.4, 0.5) is 0 Å². The third-order valence-electron chi connectivity index (χ3n) is 3.48. The van der Waals surface area contributed by atoms with Gasteiger partial charge in [0.25, 0.3) is 0 Å². The van der Waals surface area contributed by atoms with E-state index in [0.29, 0.717) is 19.0 Å². The second-order valence-corrected chi connectivity index (χ2v) is 5.84. The lowest BCUT2D eigenvalue weighted by Crippen LogP contribution is -2.31. The van der Waals surface area contributed by atoms with E-state index >= 15 is 0 Å². The van der Waals surface area contributed by atoms with Gasteiger partial charge in [0.1, 0.15) is 13.2 Å². The molecule has 0 spiro atoms. The lowest BCUT2D eigenvalue weighted by molar-refractivity contribution is -0.116. The van der Waals surface area contributed by atoms with Crippen molar-refractivity contribution in [2.24, 2.45) is 10.7 Å². The molecule has 0 saturated carbocycles. The first-order chi connectivity index (χ1) is 9.44. The number of hydrogen-bond donors (Lipinski definition) is 1. The van der Waals surface area contributed by atoms with Gasteiger partial charge in [0, 0.05) is 5.56 Å². The maximum atomic E-state index is 11.3. The molecule has 0 aliphatic carbocycles. The molecule has 1 amide bonds. The molecule has 0 atom stereocenters. The highest BCUT2D eigenvalue weighted by atomic mass is 16.6. The summed E-state index contributed by atoms with van der Waals surface area (Å²) < 4.78 is 11.2. The number of carbonyl (C=O) groups excluding carboxylic acids is 1. The molecule has 0 fully saturated rings. The van der Waals surface area contributed by atoms with E-state index in [-0.39, 0.29) is 17.9 Å². The van der Waals surface area contributed by atoms with Crippen molar-refractivity contribution in [3.05, 3.63) is 23.3 Å². The number of amides is 1. The first-order valence-electron chi connectivity index (χ1n) is 6.74. The number of carbonyl (C=O) groups is 1. The molecule has 2 aliphatic rings. The van der Waals surface area contributed by atoms with E-state index in [4.69, 9.17) is 15.2 Å². The molecule has 5 heteroatoms. The van der Waals surface area contributed by atoms with E-state index in [2.05, 4.69) is 4.99 Å². The van der Waals surface area contributed by atoms with Crippen LogP contribution in [0.25, 0.3) is 0 Å². The summed E-state index contributed by atoms with van der Waals surface area (Å²) in [5.74, 6) is 1.11. The molecule has 0 unspecified atom stereocenters. The van der Waals surface area contributed by atoms with Crippen LogP contribution >= 0.6 is 0 Å². The summed E-state index contributed by atoms with van der Waals surface area (Å²) in [6.45, 7) is 5.21. The molecule has 0 radical (unpaired) electrons. The monoisotopic (exact) mass is 274 g/mol. The van der Waals surface area contributed by atoms with Gasteiger partial charge in [-0.15, -0.1) is 0 Å². The minimum Gasteiger partial charge on any atom is -0.486 e. The van der Waals surface area contributed by atoms with E-state index in [1.54, 1.807) is 0 Å². The van der Waals surface area contributed by atoms with Crippen LogP contribution in [-0.4, -0.2) is 30.4 Å². The number of hydrogen-bond acceptors (Lipinski definition) is 4. The third-order valence-corrected chi connectivity index (χ3v) is 3.48. The Balaban J connectivity index is 2.09. The summed E-state index contributed by atoms with van der Waals surface area (Å²) >= 11 is 0. The van der Waals surface area contributed by atoms with Crippen molar-refractivity contribution in [3.8, 4) is 11.5 Å². The molecule has 20 heavy (non-hydrogen) atoms. The number of ether oxygens (including phenoxy) is 2. The minimum absolute atomic E-state index is 0.149. The molecule has 2 N–H and O–H groups in total. The van der Waals surface area contributed by atoms with Crippen molar-refractivity contribution in [3.63, 3.8) is 0 Å². The number of fused-ring (bicyclic) bond motifs is 2. The molecule has 0 saturated heterocycles. The Bertz CT molecular complexity index is 605. The summed E-state index contributed by atoms with van der Waals surface area (Å²) in [5, 5.41) is 0. The number of nitrogens with two attached hydrogens (primary N) is 1. The third kappa shape index (κ3) is 2.35. The quantitative estimate of drug-likeness (QED) is 0.887.